The number of aliphatic imine (C=N–C) groups is 1. The summed E-state index contributed by atoms with van der Waals surface area (Å²) in [6.07, 6.45) is 1.72. The number of carbonyl (C=O) groups is 1. The standard InChI is InChI=1S/C16H9BrCl2N2OS/c17-10-2-5-12(6-3-10)20-16-21-15(22)14(23-16)7-9-1-4-11(18)8-13(9)19/h1-8H,(H,20,21,22). The van der Waals surface area contributed by atoms with Crippen LogP contribution < -0.4 is 5.32 Å². The SMILES string of the molecule is O=C1NC(=Nc2ccc(Br)cc2)SC1=Cc1ccc(Cl)cc1Cl. The number of amides is 1. The van der Waals surface area contributed by atoms with E-state index in [-0.39, 0.29) is 5.91 Å². The van der Waals surface area contributed by atoms with E-state index in [4.69, 9.17) is 23.2 Å². The number of hydrogen-bond acceptors (Lipinski definition) is 3. The second-order valence-electron chi connectivity index (χ2n) is 4.62. The molecular weight excluding hydrogens is 419 g/mol. The van der Waals surface area contributed by atoms with Gasteiger partial charge >= 0.3 is 0 Å². The van der Waals surface area contributed by atoms with Gasteiger partial charge in [-0.15, -0.1) is 0 Å². The van der Waals surface area contributed by atoms with E-state index in [1.54, 1.807) is 24.3 Å². The maximum Gasteiger partial charge on any atom is 0.264 e. The minimum Gasteiger partial charge on any atom is -0.300 e. The molecule has 0 saturated carbocycles. The van der Waals surface area contributed by atoms with Crippen molar-refractivity contribution in [3.63, 3.8) is 0 Å². The molecule has 0 unspecified atom stereocenters. The lowest BCUT2D eigenvalue weighted by atomic mass is 10.2. The summed E-state index contributed by atoms with van der Waals surface area (Å²) in [6, 6.07) is 12.7. The van der Waals surface area contributed by atoms with Crippen molar-refractivity contribution in [2.75, 3.05) is 0 Å². The van der Waals surface area contributed by atoms with Gasteiger partial charge in [0.05, 0.1) is 10.6 Å². The zero-order valence-corrected chi connectivity index (χ0v) is 15.4. The van der Waals surface area contributed by atoms with Gasteiger partial charge < -0.3 is 5.32 Å². The molecule has 1 aliphatic rings. The smallest absolute Gasteiger partial charge is 0.264 e. The van der Waals surface area contributed by atoms with Crippen LogP contribution in [-0.4, -0.2) is 11.1 Å². The molecule has 1 fully saturated rings. The molecule has 1 saturated heterocycles. The van der Waals surface area contributed by atoms with Gasteiger partial charge in [0.25, 0.3) is 5.91 Å². The highest BCUT2D eigenvalue weighted by Crippen LogP contribution is 2.31. The van der Waals surface area contributed by atoms with Crippen LogP contribution in [0.15, 0.2) is 56.8 Å². The number of hydrogen-bond donors (Lipinski definition) is 1. The van der Waals surface area contributed by atoms with E-state index in [0.717, 1.165) is 15.7 Å². The number of nitrogens with one attached hydrogen (secondary N) is 1. The van der Waals surface area contributed by atoms with Crippen LogP contribution in [0.25, 0.3) is 6.08 Å². The predicted molar refractivity (Wildman–Crippen MR) is 101 cm³/mol. The highest BCUT2D eigenvalue weighted by atomic mass is 79.9. The molecule has 23 heavy (non-hydrogen) atoms. The van der Waals surface area contributed by atoms with Crippen LogP contribution in [0.3, 0.4) is 0 Å². The van der Waals surface area contributed by atoms with E-state index in [1.807, 2.05) is 24.3 Å². The largest absolute Gasteiger partial charge is 0.300 e. The lowest BCUT2D eigenvalue weighted by Crippen LogP contribution is -2.19. The molecule has 7 heteroatoms. The fourth-order valence-corrected chi connectivity index (χ4v) is 3.43. The summed E-state index contributed by atoms with van der Waals surface area (Å²) in [5.74, 6) is -0.197. The van der Waals surface area contributed by atoms with Gasteiger partial charge in [-0.1, -0.05) is 45.2 Å². The Bertz CT molecular complexity index is 834. The summed E-state index contributed by atoms with van der Waals surface area (Å²) in [7, 11) is 0. The molecule has 2 aromatic carbocycles. The van der Waals surface area contributed by atoms with Gasteiger partial charge in [0.15, 0.2) is 5.17 Å². The first-order valence-electron chi connectivity index (χ1n) is 6.51. The molecule has 0 atom stereocenters. The van der Waals surface area contributed by atoms with Gasteiger partial charge in [0, 0.05) is 14.5 Å². The molecule has 1 heterocycles. The van der Waals surface area contributed by atoms with Crippen molar-refractivity contribution in [3.8, 4) is 0 Å². The van der Waals surface area contributed by atoms with Crippen molar-refractivity contribution >= 4 is 73.7 Å². The summed E-state index contributed by atoms with van der Waals surface area (Å²) in [4.78, 5) is 17.0. The average molecular weight is 428 g/mol. The number of carbonyl (C=O) groups excluding carboxylic acids is 1. The van der Waals surface area contributed by atoms with Crippen LogP contribution in [-0.2, 0) is 4.79 Å². The summed E-state index contributed by atoms with van der Waals surface area (Å²) < 4.78 is 0.975. The molecule has 2 aromatic rings. The number of thioether (sulfide) groups is 1. The third-order valence-electron chi connectivity index (χ3n) is 2.96. The molecule has 0 spiro atoms. The van der Waals surface area contributed by atoms with Crippen molar-refractivity contribution in [1.82, 2.24) is 5.32 Å². The Balaban J connectivity index is 1.84. The van der Waals surface area contributed by atoms with E-state index < -0.39 is 0 Å². The maximum absolute atomic E-state index is 12.1. The summed E-state index contributed by atoms with van der Waals surface area (Å²) >= 11 is 16.7. The van der Waals surface area contributed by atoms with E-state index in [1.165, 1.54) is 11.8 Å². The minimum absolute atomic E-state index is 0.197. The van der Waals surface area contributed by atoms with Crippen molar-refractivity contribution in [2.45, 2.75) is 0 Å². The Hall–Kier alpha value is -1.27. The Morgan fingerprint density at radius 1 is 1.13 bits per heavy atom. The second kappa shape index (κ2) is 7.09. The number of halogens is 3. The van der Waals surface area contributed by atoms with Crippen molar-refractivity contribution in [3.05, 3.63) is 67.5 Å². The number of rotatable bonds is 2. The van der Waals surface area contributed by atoms with E-state index in [9.17, 15) is 4.79 Å². The zero-order chi connectivity index (χ0) is 16.4. The highest BCUT2D eigenvalue weighted by molar-refractivity contribution is 9.10. The third-order valence-corrected chi connectivity index (χ3v) is 4.96. The maximum atomic E-state index is 12.1. The minimum atomic E-state index is -0.197. The van der Waals surface area contributed by atoms with Gasteiger partial charge in [-0.3, -0.25) is 4.79 Å². The summed E-state index contributed by atoms with van der Waals surface area (Å²) in [6.45, 7) is 0. The zero-order valence-electron chi connectivity index (χ0n) is 11.5. The molecule has 1 amide bonds. The molecule has 0 aromatic heterocycles. The average Bonchev–Trinajstić information content (AvgIpc) is 2.84. The Labute approximate surface area is 155 Å². The molecule has 0 aliphatic carbocycles. The van der Waals surface area contributed by atoms with Crippen LogP contribution in [0, 0.1) is 0 Å². The monoisotopic (exact) mass is 426 g/mol. The molecular formula is C16H9BrCl2N2OS. The summed E-state index contributed by atoms with van der Waals surface area (Å²) in [5.41, 5.74) is 1.50. The molecule has 3 nitrogen and oxygen atoms in total. The van der Waals surface area contributed by atoms with Crippen LogP contribution >= 0.6 is 50.9 Å². The lowest BCUT2D eigenvalue weighted by molar-refractivity contribution is -0.115. The summed E-state index contributed by atoms with van der Waals surface area (Å²) in [5, 5.41) is 4.33. The fourth-order valence-electron chi connectivity index (χ4n) is 1.87. The van der Waals surface area contributed by atoms with E-state index in [0.29, 0.717) is 20.1 Å². The van der Waals surface area contributed by atoms with Crippen LogP contribution in [0.2, 0.25) is 10.0 Å². The van der Waals surface area contributed by atoms with Gasteiger partial charge in [-0.2, -0.15) is 0 Å². The predicted octanol–water partition coefficient (Wildman–Crippen LogP) is 5.65. The normalized spacial score (nSPS) is 17.8. The van der Waals surface area contributed by atoms with E-state index >= 15 is 0 Å². The molecule has 0 radical (unpaired) electrons. The molecule has 116 valence electrons. The van der Waals surface area contributed by atoms with Gasteiger partial charge in [0.2, 0.25) is 0 Å². The van der Waals surface area contributed by atoms with Crippen molar-refractivity contribution in [2.24, 2.45) is 4.99 Å². The topological polar surface area (TPSA) is 41.5 Å². The van der Waals surface area contributed by atoms with Gasteiger partial charge in [0.1, 0.15) is 0 Å². The van der Waals surface area contributed by atoms with Crippen LogP contribution in [0.4, 0.5) is 5.69 Å². The van der Waals surface area contributed by atoms with Crippen LogP contribution in [0.1, 0.15) is 5.56 Å². The second-order valence-corrected chi connectivity index (χ2v) is 7.41. The molecule has 1 aliphatic heterocycles. The Morgan fingerprint density at radius 3 is 2.57 bits per heavy atom. The quantitative estimate of drug-likeness (QED) is 0.629. The third kappa shape index (κ3) is 4.18. The van der Waals surface area contributed by atoms with Crippen LogP contribution in [0.5, 0.6) is 0 Å². The fraction of sp³-hybridized carbons (Fsp3) is 0. The first-order chi connectivity index (χ1) is 11.0. The Morgan fingerprint density at radius 2 is 1.87 bits per heavy atom. The number of benzene rings is 2. The Kier molecular flexibility index (Phi) is 5.11. The van der Waals surface area contributed by atoms with Gasteiger partial charge in [-0.05, 0) is 59.8 Å². The van der Waals surface area contributed by atoms with Gasteiger partial charge in [-0.25, -0.2) is 4.99 Å². The van der Waals surface area contributed by atoms with E-state index in [2.05, 4.69) is 26.2 Å². The lowest BCUT2D eigenvalue weighted by Gasteiger charge is -1.99. The molecule has 1 N–H and O–H groups in total. The van der Waals surface area contributed by atoms with Crippen molar-refractivity contribution in [1.29, 1.82) is 0 Å². The number of amidine groups is 1. The highest BCUT2D eigenvalue weighted by Gasteiger charge is 2.24. The van der Waals surface area contributed by atoms with Crippen molar-refractivity contribution < 1.29 is 4.79 Å². The number of nitrogens with zero attached hydrogens (tertiary/aromatic N) is 1. The molecule has 0 bridgehead atoms. The molecule has 3 rings (SSSR count). The first-order valence-corrected chi connectivity index (χ1v) is 8.88. The first kappa shape index (κ1) is 16.6.